The number of halogens is 1. The molecule has 0 unspecified atom stereocenters. The number of likely N-dealkylation sites (tertiary alicyclic amines) is 1. The second kappa shape index (κ2) is 7.51. The molecule has 2 amide bonds. The zero-order valence-electron chi connectivity index (χ0n) is 19.5. The fourth-order valence-corrected chi connectivity index (χ4v) is 5.61. The van der Waals surface area contributed by atoms with Gasteiger partial charge >= 0.3 is 0 Å². The number of nitrogens with one attached hydrogen (secondary N) is 1. The first kappa shape index (κ1) is 20.9. The van der Waals surface area contributed by atoms with E-state index in [9.17, 15) is 9.59 Å². The van der Waals surface area contributed by atoms with Crippen LogP contribution in [0.2, 0.25) is 0 Å². The van der Waals surface area contributed by atoms with E-state index in [0.717, 1.165) is 60.7 Å². The van der Waals surface area contributed by atoms with Crippen LogP contribution in [-0.2, 0) is 9.59 Å². The number of amides is 2. The van der Waals surface area contributed by atoms with Gasteiger partial charge in [-0.05, 0) is 84.9 Å². The Labute approximate surface area is 202 Å². The number of benzene rings is 2. The summed E-state index contributed by atoms with van der Waals surface area (Å²) >= 11 is 0. The van der Waals surface area contributed by atoms with Gasteiger partial charge in [-0.25, -0.2) is 4.39 Å². The smallest absolute Gasteiger partial charge is 0.256 e. The molecule has 3 aromatic rings. The van der Waals surface area contributed by atoms with Crippen molar-refractivity contribution in [1.29, 1.82) is 0 Å². The number of nitrogens with zero attached hydrogens (tertiary/aromatic N) is 3. The summed E-state index contributed by atoms with van der Waals surface area (Å²) in [5.41, 5.74) is 2.45. The number of rotatable bonds is 5. The van der Waals surface area contributed by atoms with E-state index < -0.39 is 5.54 Å². The lowest BCUT2D eigenvalue weighted by atomic mass is 10.0. The van der Waals surface area contributed by atoms with Crippen molar-refractivity contribution in [1.82, 2.24) is 14.8 Å². The molecule has 7 heteroatoms. The molecule has 2 aliphatic heterocycles. The number of aromatic nitrogens is 1. The molecule has 1 N–H and O–H groups in total. The molecule has 0 radical (unpaired) electrons. The van der Waals surface area contributed by atoms with Gasteiger partial charge < -0.3 is 9.88 Å². The molecule has 0 bridgehead atoms. The number of H-pyrrole nitrogens is 1. The van der Waals surface area contributed by atoms with Gasteiger partial charge in [0.2, 0.25) is 5.91 Å². The molecule has 3 fully saturated rings. The first-order valence-corrected chi connectivity index (χ1v) is 12.6. The minimum Gasteiger partial charge on any atom is -0.361 e. The number of hydrogen-bond donors (Lipinski definition) is 1. The molecule has 2 saturated carbocycles. The summed E-state index contributed by atoms with van der Waals surface area (Å²) in [6, 6.07) is 13.2. The van der Waals surface area contributed by atoms with Gasteiger partial charge in [0, 0.05) is 37.3 Å². The third-order valence-corrected chi connectivity index (χ3v) is 8.00. The molecule has 6 nitrogen and oxygen atoms in total. The quantitative estimate of drug-likeness (QED) is 0.602. The molecule has 3 heterocycles. The second-order valence-electron chi connectivity index (χ2n) is 10.6. The Bertz CT molecular complexity index is 1400. The van der Waals surface area contributed by atoms with E-state index in [-0.39, 0.29) is 29.5 Å². The highest BCUT2D eigenvalue weighted by Gasteiger charge is 2.58. The number of carbonyl (C=O) groups excluding carboxylic acids is 2. The number of aliphatic imine (C=N–C) groups is 1. The highest BCUT2D eigenvalue weighted by Crippen LogP contribution is 2.46. The van der Waals surface area contributed by atoms with E-state index in [2.05, 4.69) is 4.98 Å². The van der Waals surface area contributed by atoms with Crippen molar-refractivity contribution < 1.29 is 14.0 Å². The van der Waals surface area contributed by atoms with Crippen molar-refractivity contribution >= 4 is 28.6 Å². The van der Waals surface area contributed by atoms with Gasteiger partial charge in [-0.1, -0.05) is 12.1 Å². The number of fused-ring (bicyclic) bond motifs is 1. The van der Waals surface area contributed by atoms with Crippen molar-refractivity contribution in [2.45, 2.75) is 37.6 Å². The Morgan fingerprint density at radius 2 is 1.89 bits per heavy atom. The second-order valence-corrected chi connectivity index (χ2v) is 10.6. The molecular weight excluding hydrogens is 443 g/mol. The van der Waals surface area contributed by atoms with Gasteiger partial charge in [0.05, 0.1) is 5.56 Å². The monoisotopic (exact) mass is 470 g/mol. The van der Waals surface area contributed by atoms with Crippen molar-refractivity contribution in [2.75, 3.05) is 19.6 Å². The standard InChI is InChI=1S/C28H27FN4O2/c29-23-14-20(19-4-6-24-21(13-19)7-11-30-24)3-5-22(23)25-31-28(9-10-28)27(35)33(25)16-17-8-12-32(15-17)26(34)18-1-2-18/h3-7,11,13-14,17-18,30H,1-2,8-10,12,15-16H2/t17-/m1/s1. The third kappa shape index (κ3) is 3.48. The van der Waals surface area contributed by atoms with Crippen LogP contribution in [0.25, 0.3) is 22.0 Å². The zero-order chi connectivity index (χ0) is 23.7. The SMILES string of the molecule is O=C(C1CC1)N1CC[C@@H](CN2C(=O)C3(CC3)N=C2c2ccc(-c3ccc4[nH]ccc4c3)cc2F)C1. The highest BCUT2D eigenvalue weighted by molar-refractivity contribution is 6.16. The summed E-state index contributed by atoms with van der Waals surface area (Å²) in [5, 5.41) is 1.07. The van der Waals surface area contributed by atoms with Gasteiger partial charge in [-0.15, -0.1) is 0 Å². The maximum absolute atomic E-state index is 15.5. The summed E-state index contributed by atoms with van der Waals surface area (Å²) in [6.07, 6.45) is 6.20. The number of amidine groups is 1. The van der Waals surface area contributed by atoms with Gasteiger partial charge in [-0.2, -0.15) is 0 Å². The minimum atomic E-state index is -0.693. The minimum absolute atomic E-state index is 0.0131. The van der Waals surface area contributed by atoms with Crippen molar-refractivity contribution in [3.05, 3.63) is 60.0 Å². The van der Waals surface area contributed by atoms with Gasteiger partial charge in [0.25, 0.3) is 5.91 Å². The largest absolute Gasteiger partial charge is 0.361 e. The van der Waals surface area contributed by atoms with Crippen LogP contribution >= 0.6 is 0 Å². The van der Waals surface area contributed by atoms with Crippen LogP contribution in [0.15, 0.2) is 53.7 Å². The van der Waals surface area contributed by atoms with E-state index >= 15 is 4.39 Å². The normalized spacial score (nSPS) is 22.9. The summed E-state index contributed by atoms with van der Waals surface area (Å²) in [4.78, 5) is 37.4. The van der Waals surface area contributed by atoms with Crippen LogP contribution in [0.5, 0.6) is 0 Å². The first-order valence-electron chi connectivity index (χ1n) is 12.6. The molecule has 35 heavy (non-hydrogen) atoms. The lowest BCUT2D eigenvalue weighted by Crippen LogP contribution is -2.41. The predicted molar refractivity (Wildman–Crippen MR) is 131 cm³/mol. The maximum Gasteiger partial charge on any atom is 0.256 e. The summed E-state index contributed by atoms with van der Waals surface area (Å²) in [5.74, 6) is 0.719. The molecule has 2 aliphatic carbocycles. The van der Waals surface area contributed by atoms with E-state index in [1.807, 2.05) is 41.4 Å². The summed E-state index contributed by atoms with van der Waals surface area (Å²) in [7, 11) is 0. The Morgan fingerprint density at radius 3 is 2.66 bits per heavy atom. The van der Waals surface area contributed by atoms with Crippen LogP contribution in [0.4, 0.5) is 4.39 Å². The van der Waals surface area contributed by atoms with Crippen molar-refractivity contribution in [3.63, 3.8) is 0 Å². The topological polar surface area (TPSA) is 68.8 Å². The van der Waals surface area contributed by atoms with Gasteiger partial charge in [0.1, 0.15) is 17.2 Å². The van der Waals surface area contributed by atoms with Gasteiger partial charge in [-0.3, -0.25) is 19.5 Å². The molecule has 1 aromatic heterocycles. The lowest BCUT2D eigenvalue weighted by molar-refractivity contribution is -0.131. The fraction of sp³-hybridized carbons (Fsp3) is 0.393. The number of carbonyl (C=O) groups is 2. The lowest BCUT2D eigenvalue weighted by Gasteiger charge is -2.24. The van der Waals surface area contributed by atoms with E-state index in [1.54, 1.807) is 11.0 Å². The molecule has 1 saturated heterocycles. The number of aromatic amines is 1. The van der Waals surface area contributed by atoms with Crippen LogP contribution < -0.4 is 0 Å². The molecule has 2 aromatic carbocycles. The third-order valence-electron chi connectivity index (χ3n) is 8.00. The fourth-order valence-electron chi connectivity index (χ4n) is 5.61. The Morgan fingerprint density at radius 1 is 1.09 bits per heavy atom. The Kier molecular flexibility index (Phi) is 4.47. The van der Waals surface area contributed by atoms with E-state index in [4.69, 9.17) is 4.99 Å². The zero-order valence-corrected chi connectivity index (χ0v) is 19.5. The molecule has 4 aliphatic rings. The van der Waals surface area contributed by atoms with Crippen LogP contribution in [0, 0.1) is 17.7 Å². The average Bonchev–Trinajstić information content (AvgIpc) is 3.74. The first-order chi connectivity index (χ1) is 17.0. The molecule has 1 atom stereocenters. The van der Waals surface area contributed by atoms with Gasteiger partial charge in [0.15, 0.2) is 0 Å². The molecule has 7 rings (SSSR count). The summed E-state index contributed by atoms with van der Waals surface area (Å²) in [6.45, 7) is 1.90. The highest BCUT2D eigenvalue weighted by atomic mass is 19.1. The molecule has 1 spiro atoms. The van der Waals surface area contributed by atoms with Crippen LogP contribution in [-0.4, -0.2) is 57.6 Å². The molecular formula is C28H27FN4O2. The van der Waals surface area contributed by atoms with Crippen LogP contribution in [0.3, 0.4) is 0 Å². The maximum atomic E-state index is 15.5. The summed E-state index contributed by atoms with van der Waals surface area (Å²) < 4.78 is 15.5. The average molecular weight is 471 g/mol. The predicted octanol–water partition coefficient (Wildman–Crippen LogP) is 4.35. The van der Waals surface area contributed by atoms with Crippen LogP contribution in [0.1, 0.15) is 37.7 Å². The van der Waals surface area contributed by atoms with Crippen molar-refractivity contribution in [2.24, 2.45) is 16.8 Å². The van der Waals surface area contributed by atoms with E-state index in [1.165, 1.54) is 6.07 Å². The number of hydrogen-bond acceptors (Lipinski definition) is 3. The van der Waals surface area contributed by atoms with Crippen molar-refractivity contribution in [3.8, 4) is 11.1 Å². The Balaban J connectivity index is 1.15. The molecule has 178 valence electrons. The Hall–Kier alpha value is -3.48. The van der Waals surface area contributed by atoms with E-state index in [0.29, 0.717) is 24.5 Å².